The average Bonchev–Trinajstić information content (AvgIpc) is 2.30. The lowest BCUT2D eigenvalue weighted by Gasteiger charge is -2.05. The van der Waals surface area contributed by atoms with Gasteiger partial charge in [-0.3, -0.25) is 0 Å². The predicted octanol–water partition coefficient (Wildman–Crippen LogP) is 4.21. The Balaban J connectivity index is 2.39. The summed E-state index contributed by atoms with van der Waals surface area (Å²) in [5.74, 6) is 0.650. The number of hydrogen-bond acceptors (Lipinski definition) is 2. The first-order chi connectivity index (χ1) is 7.68. The van der Waals surface area contributed by atoms with Gasteiger partial charge in [0.1, 0.15) is 5.82 Å². The summed E-state index contributed by atoms with van der Waals surface area (Å²) in [5, 5.41) is -0.159. The van der Waals surface area contributed by atoms with Crippen molar-refractivity contribution < 1.29 is 0 Å². The van der Waals surface area contributed by atoms with Gasteiger partial charge in [-0.25, -0.2) is 9.97 Å². The molecular formula is C12H10BrClN2. The molecule has 0 aliphatic heterocycles. The van der Waals surface area contributed by atoms with Gasteiger partial charge in [0.25, 0.3) is 0 Å². The fourth-order valence-corrected chi connectivity index (χ4v) is 2.00. The molecule has 0 fully saturated rings. The van der Waals surface area contributed by atoms with Crippen LogP contribution in [-0.2, 0) is 0 Å². The first-order valence-electron chi connectivity index (χ1n) is 4.89. The summed E-state index contributed by atoms with van der Waals surface area (Å²) in [5.41, 5.74) is 2.06. The molecule has 1 heterocycles. The molecule has 82 valence electrons. The average molecular weight is 298 g/mol. The molecule has 0 aliphatic carbocycles. The summed E-state index contributed by atoms with van der Waals surface area (Å²) in [6.07, 6.45) is 3.59. The van der Waals surface area contributed by atoms with Gasteiger partial charge in [0, 0.05) is 22.4 Å². The fourth-order valence-electron chi connectivity index (χ4n) is 1.38. The van der Waals surface area contributed by atoms with Gasteiger partial charge in [0.05, 0.1) is 5.38 Å². The maximum absolute atomic E-state index is 5.90. The molecule has 1 unspecified atom stereocenters. The molecule has 0 bridgehead atoms. The summed E-state index contributed by atoms with van der Waals surface area (Å²) < 4.78 is 1.03. The highest BCUT2D eigenvalue weighted by molar-refractivity contribution is 9.10. The second-order valence-corrected chi connectivity index (χ2v) is 4.93. The third-order valence-corrected chi connectivity index (χ3v) is 3.10. The molecule has 16 heavy (non-hydrogen) atoms. The van der Waals surface area contributed by atoms with Crippen LogP contribution in [0.3, 0.4) is 0 Å². The van der Waals surface area contributed by atoms with Crippen LogP contribution < -0.4 is 0 Å². The first-order valence-corrected chi connectivity index (χ1v) is 6.12. The molecule has 0 aliphatic rings. The van der Waals surface area contributed by atoms with Crippen molar-refractivity contribution in [3.05, 3.63) is 47.0 Å². The van der Waals surface area contributed by atoms with Gasteiger partial charge in [-0.1, -0.05) is 34.1 Å². The zero-order valence-electron chi connectivity index (χ0n) is 8.69. The first kappa shape index (κ1) is 11.6. The number of nitrogens with zero attached hydrogens (tertiary/aromatic N) is 2. The van der Waals surface area contributed by atoms with Crippen molar-refractivity contribution in [2.45, 2.75) is 12.3 Å². The number of rotatable bonds is 2. The highest BCUT2D eigenvalue weighted by Gasteiger charge is 2.06. The lowest BCUT2D eigenvalue weighted by molar-refractivity contribution is 0.911. The molecule has 0 amide bonds. The lowest BCUT2D eigenvalue weighted by Crippen LogP contribution is -1.95. The Morgan fingerprint density at radius 1 is 1.19 bits per heavy atom. The summed E-state index contributed by atoms with van der Waals surface area (Å²) in [6.45, 7) is 1.86. The Labute approximate surface area is 108 Å². The summed E-state index contributed by atoms with van der Waals surface area (Å²) in [6, 6.07) is 7.97. The van der Waals surface area contributed by atoms with Crippen LogP contribution in [0.4, 0.5) is 0 Å². The second-order valence-electron chi connectivity index (χ2n) is 3.43. The van der Waals surface area contributed by atoms with E-state index in [0.717, 1.165) is 15.6 Å². The van der Waals surface area contributed by atoms with Crippen LogP contribution in [0.1, 0.15) is 18.1 Å². The Morgan fingerprint density at radius 3 is 2.38 bits per heavy atom. The van der Waals surface area contributed by atoms with E-state index in [9.17, 15) is 0 Å². The maximum atomic E-state index is 5.90. The molecule has 0 saturated carbocycles. The van der Waals surface area contributed by atoms with E-state index in [4.69, 9.17) is 11.6 Å². The van der Waals surface area contributed by atoms with Crippen LogP contribution in [0.15, 0.2) is 41.1 Å². The van der Waals surface area contributed by atoms with Crippen LogP contribution in [0.2, 0.25) is 0 Å². The van der Waals surface area contributed by atoms with Crippen molar-refractivity contribution >= 4 is 27.5 Å². The number of alkyl halides is 1. The smallest absolute Gasteiger partial charge is 0.145 e. The minimum absolute atomic E-state index is 0.159. The highest BCUT2D eigenvalue weighted by atomic mass is 79.9. The number of hydrogen-bond donors (Lipinski definition) is 0. The molecule has 2 aromatic rings. The van der Waals surface area contributed by atoms with E-state index < -0.39 is 0 Å². The Kier molecular flexibility index (Phi) is 3.56. The minimum atomic E-state index is -0.159. The summed E-state index contributed by atoms with van der Waals surface area (Å²) >= 11 is 9.40. The van der Waals surface area contributed by atoms with Crippen LogP contribution in [-0.4, -0.2) is 9.97 Å². The fraction of sp³-hybridized carbons (Fsp3) is 0.167. The monoisotopic (exact) mass is 296 g/mol. The van der Waals surface area contributed by atoms with Crippen molar-refractivity contribution in [2.24, 2.45) is 0 Å². The second kappa shape index (κ2) is 4.93. The molecule has 1 aromatic carbocycles. The molecule has 2 nitrogen and oxygen atoms in total. The van der Waals surface area contributed by atoms with E-state index in [1.165, 1.54) is 0 Å². The van der Waals surface area contributed by atoms with E-state index >= 15 is 0 Å². The number of aromatic nitrogens is 2. The highest BCUT2D eigenvalue weighted by Crippen LogP contribution is 2.27. The van der Waals surface area contributed by atoms with Gasteiger partial charge < -0.3 is 0 Å². The largest absolute Gasteiger partial charge is 0.239 e. The number of halogens is 2. The zero-order chi connectivity index (χ0) is 11.5. The lowest BCUT2D eigenvalue weighted by atomic mass is 10.1. The normalized spacial score (nSPS) is 12.4. The third-order valence-electron chi connectivity index (χ3n) is 2.21. The van der Waals surface area contributed by atoms with Crippen molar-refractivity contribution in [3.8, 4) is 11.1 Å². The van der Waals surface area contributed by atoms with Crippen LogP contribution in [0.5, 0.6) is 0 Å². The molecule has 2 rings (SSSR count). The molecule has 1 atom stereocenters. The van der Waals surface area contributed by atoms with Crippen LogP contribution >= 0.6 is 27.5 Å². The minimum Gasteiger partial charge on any atom is -0.239 e. The van der Waals surface area contributed by atoms with E-state index in [0.29, 0.717) is 5.82 Å². The van der Waals surface area contributed by atoms with Crippen molar-refractivity contribution in [3.63, 3.8) is 0 Å². The molecule has 1 aromatic heterocycles. The summed E-state index contributed by atoms with van der Waals surface area (Å²) in [4.78, 5) is 8.46. The Morgan fingerprint density at radius 2 is 1.81 bits per heavy atom. The Bertz CT molecular complexity index is 483. The van der Waals surface area contributed by atoms with E-state index in [1.54, 1.807) is 12.4 Å². The SMILES string of the molecule is CC(Cl)c1ncc(-c2ccccc2Br)cn1. The van der Waals surface area contributed by atoms with Gasteiger partial charge in [0.2, 0.25) is 0 Å². The topological polar surface area (TPSA) is 25.8 Å². The molecule has 0 spiro atoms. The quantitative estimate of drug-likeness (QED) is 0.776. The van der Waals surface area contributed by atoms with Crippen LogP contribution in [0, 0.1) is 0 Å². The van der Waals surface area contributed by atoms with Gasteiger partial charge in [-0.05, 0) is 18.6 Å². The third kappa shape index (κ3) is 2.42. The predicted molar refractivity (Wildman–Crippen MR) is 69.4 cm³/mol. The standard InChI is InChI=1S/C12H10BrClN2/c1-8(14)12-15-6-9(7-16-12)10-4-2-3-5-11(10)13/h2-8H,1H3. The molecular weight excluding hydrogens is 288 g/mol. The van der Waals surface area contributed by atoms with Gasteiger partial charge >= 0.3 is 0 Å². The number of benzene rings is 1. The summed E-state index contributed by atoms with van der Waals surface area (Å²) in [7, 11) is 0. The van der Waals surface area contributed by atoms with Crippen molar-refractivity contribution in [1.29, 1.82) is 0 Å². The maximum Gasteiger partial charge on any atom is 0.145 e. The molecule has 0 saturated heterocycles. The van der Waals surface area contributed by atoms with Gasteiger partial charge in [0.15, 0.2) is 0 Å². The van der Waals surface area contributed by atoms with Crippen LogP contribution in [0.25, 0.3) is 11.1 Å². The van der Waals surface area contributed by atoms with E-state index in [-0.39, 0.29) is 5.38 Å². The Hall–Kier alpha value is -0.930. The zero-order valence-corrected chi connectivity index (χ0v) is 11.0. The van der Waals surface area contributed by atoms with E-state index in [2.05, 4.69) is 25.9 Å². The van der Waals surface area contributed by atoms with Crippen molar-refractivity contribution in [2.75, 3.05) is 0 Å². The van der Waals surface area contributed by atoms with Gasteiger partial charge in [-0.15, -0.1) is 11.6 Å². The molecule has 4 heteroatoms. The van der Waals surface area contributed by atoms with E-state index in [1.807, 2.05) is 31.2 Å². The molecule has 0 radical (unpaired) electrons. The van der Waals surface area contributed by atoms with Gasteiger partial charge in [-0.2, -0.15) is 0 Å². The van der Waals surface area contributed by atoms with Crippen molar-refractivity contribution in [1.82, 2.24) is 9.97 Å². The molecule has 0 N–H and O–H groups in total.